The molecule has 18 heavy (non-hydrogen) atoms. The predicted molar refractivity (Wildman–Crippen MR) is 66.8 cm³/mol. The number of nitrogens with two attached hydrogens (primary N) is 1. The number of esters is 1. The molecule has 0 aliphatic carbocycles. The Kier molecular flexibility index (Phi) is 3.62. The Labute approximate surface area is 104 Å². The van der Waals surface area contributed by atoms with Gasteiger partial charge in [0.1, 0.15) is 0 Å². The minimum Gasteiger partial charge on any atom is -0.464 e. The quantitative estimate of drug-likeness (QED) is 0.816. The summed E-state index contributed by atoms with van der Waals surface area (Å²) in [5.41, 5.74) is 7.26. The van der Waals surface area contributed by atoms with Crippen LogP contribution in [0, 0.1) is 0 Å². The van der Waals surface area contributed by atoms with E-state index >= 15 is 0 Å². The zero-order valence-electron chi connectivity index (χ0n) is 10.0. The van der Waals surface area contributed by atoms with Gasteiger partial charge in [-0.05, 0) is 24.6 Å². The van der Waals surface area contributed by atoms with Crippen molar-refractivity contribution < 1.29 is 13.9 Å². The van der Waals surface area contributed by atoms with Crippen molar-refractivity contribution in [2.45, 2.75) is 19.1 Å². The van der Waals surface area contributed by atoms with E-state index in [0.29, 0.717) is 5.56 Å². The van der Waals surface area contributed by atoms with Gasteiger partial charge in [0.15, 0.2) is 0 Å². The van der Waals surface area contributed by atoms with Gasteiger partial charge in [-0.15, -0.1) is 0 Å². The Balaban J connectivity index is 2.30. The van der Waals surface area contributed by atoms with Crippen LogP contribution in [0.2, 0.25) is 0 Å². The summed E-state index contributed by atoms with van der Waals surface area (Å²) in [5, 5.41) is 0.817. The normalized spacial score (nSPS) is 14.4. The van der Waals surface area contributed by atoms with Crippen LogP contribution in [0.25, 0.3) is 10.9 Å². The molecule has 1 aromatic heterocycles. The van der Waals surface area contributed by atoms with Crippen LogP contribution in [-0.2, 0) is 9.53 Å². The molecule has 0 aliphatic heterocycles. The van der Waals surface area contributed by atoms with Crippen molar-refractivity contribution in [1.29, 1.82) is 0 Å². The first-order valence-corrected chi connectivity index (χ1v) is 5.77. The van der Waals surface area contributed by atoms with E-state index in [1.54, 1.807) is 25.3 Å². The Bertz CT molecular complexity index is 553. The molecule has 2 rings (SSSR count). The first-order valence-electron chi connectivity index (χ1n) is 5.77. The molecule has 2 atom stereocenters. The summed E-state index contributed by atoms with van der Waals surface area (Å²) >= 11 is 0. The van der Waals surface area contributed by atoms with E-state index in [4.69, 9.17) is 5.73 Å². The number of H-pyrrole nitrogens is 1. The number of carbonyl (C=O) groups is 1. The maximum atomic E-state index is 13.9. The lowest BCUT2D eigenvalue weighted by atomic mass is 9.99. The molecule has 1 heterocycles. The highest BCUT2D eigenvalue weighted by molar-refractivity contribution is 5.85. The standard InChI is InChI=1S/C13H15FN2O2/c1-2-18-13(17)11(14)12(15)9-4-3-5-10-8(9)6-7-16-10/h3-7,11-12,16H,2,15H2,1H3/t11?,12-/m1/s1. The lowest BCUT2D eigenvalue weighted by Crippen LogP contribution is -2.31. The molecule has 3 N–H and O–H groups in total. The number of nitrogens with one attached hydrogen (secondary N) is 1. The van der Waals surface area contributed by atoms with Crippen molar-refractivity contribution in [3.05, 3.63) is 36.0 Å². The number of aromatic amines is 1. The van der Waals surface area contributed by atoms with Gasteiger partial charge in [0.05, 0.1) is 12.6 Å². The number of alkyl halides is 1. The molecule has 0 saturated heterocycles. The van der Waals surface area contributed by atoms with Crippen LogP contribution in [0.3, 0.4) is 0 Å². The number of hydrogen-bond acceptors (Lipinski definition) is 3. The summed E-state index contributed by atoms with van der Waals surface area (Å²) in [4.78, 5) is 14.4. The lowest BCUT2D eigenvalue weighted by molar-refractivity contribution is -0.149. The molecule has 0 bridgehead atoms. The Morgan fingerprint density at radius 3 is 3.00 bits per heavy atom. The third-order valence-electron chi connectivity index (χ3n) is 2.81. The van der Waals surface area contributed by atoms with Crippen LogP contribution < -0.4 is 5.73 Å². The first kappa shape index (κ1) is 12.6. The smallest absolute Gasteiger partial charge is 0.342 e. The molecular formula is C13H15FN2O2. The maximum Gasteiger partial charge on any atom is 0.342 e. The number of aromatic nitrogens is 1. The van der Waals surface area contributed by atoms with Gasteiger partial charge in [-0.25, -0.2) is 9.18 Å². The zero-order valence-corrected chi connectivity index (χ0v) is 10.0. The average Bonchev–Trinajstić information content (AvgIpc) is 2.85. The van der Waals surface area contributed by atoms with Crippen molar-refractivity contribution >= 4 is 16.9 Å². The summed E-state index contributed by atoms with van der Waals surface area (Å²) in [6, 6.07) is 6.13. The van der Waals surface area contributed by atoms with Crippen LogP contribution in [0.5, 0.6) is 0 Å². The molecule has 0 amide bonds. The average molecular weight is 250 g/mol. The summed E-state index contributed by atoms with van der Waals surface area (Å²) in [7, 11) is 0. The third-order valence-corrected chi connectivity index (χ3v) is 2.81. The van der Waals surface area contributed by atoms with Gasteiger partial charge >= 0.3 is 5.97 Å². The number of rotatable bonds is 4. The second kappa shape index (κ2) is 5.18. The summed E-state index contributed by atoms with van der Waals surface area (Å²) in [6.45, 7) is 1.77. The van der Waals surface area contributed by atoms with Crippen LogP contribution in [-0.4, -0.2) is 23.7 Å². The van der Waals surface area contributed by atoms with Crippen LogP contribution in [0.1, 0.15) is 18.5 Å². The van der Waals surface area contributed by atoms with E-state index < -0.39 is 18.2 Å². The van der Waals surface area contributed by atoms with E-state index in [0.717, 1.165) is 10.9 Å². The van der Waals surface area contributed by atoms with Gasteiger partial charge in [0.2, 0.25) is 6.17 Å². The third kappa shape index (κ3) is 2.22. The van der Waals surface area contributed by atoms with Crippen molar-refractivity contribution in [1.82, 2.24) is 4.98 Å². The molecule has 1 aromatic carbocycles. The van der Waals surface area contributed by atoms with Gasteiger partial charge in [0, 0.05) is 17.1 Å². The van der Waals surface area contributed by atoms with Crippen molar-refractivity contribution in [3.63, 3.8) is 0 Å². The minimum atomic E-state index is -1.86. The van der Waals surface area contributed by atoms with E-state index in [1.165, 1.54) is 0 Å². The topological polar surface area (TPSA) is 68.1 Å². The fourth-order valence-corrected chi connectivity index (χ4v) is 1.93. The second-order valence-corrected chi connectivity index (χ2v) is 3.97. The number of fused-ring (bicyclic) bond motifs is 1. The molecule has 0 radical (unpaired) electrons. The molecule has 2 aromatic rings. The molecule has 0 spiro atoms. The molecule has 4 nitrogen and oxygen atoms in total. The summed E-state index contributed by atoms with van der Waals surface area (Å²) < 4.78 is 18.5. The number of hydrogen-bond donors (Lipinski definition) is 2. The number of ether oxygens (including phenoxy) is 1. The van der Waals surface area contributed by atoms with Gasteiger partial charge in [-0.2, -0.15) is 0 Å². The van der Waals surface area contributed by atoms with Crippen molar-refractivity contribution in [2.75, 3.05) is 6.61 Å². The molecule has 0 fully saturated rings. The van der Waals surface area contributed by atoms with Crippen LogP contribution in [0.4, 0.5) is 4.39 Å². The minimum absolute atomic E-state index is 0.139. The number of carbonyl (C=O) groups excluding carboxylic acids is 1. The van der Waals surface area contributed by atoms with Crippen molar-refractivity contribution in [3.8, 4) is 0 Å². The van der Waals surface area contributed by atoms with Crippen molar-refractivity contribution in [2.24, 2.45) is 5.73 Å². The molecule has 96 valence electrons. The Morgan fingerprint density at radius 2 is 2.28 bits per heavy atom. The Hall–Kier alpha value is -1.88. The van der Waals surface area contributed by atoms with E-state index in [-0.39, 0.29) is 6.61 Å². The molecule has 1 unspecified atom stereocenters. The van der Waals surface area contributed by atoms with E-state index in [9.17, 15) is 9.18 Å². The van der Waals surface area contributed by atoms with Crippen LogP contribution in [0.15, 0.2) is 30.5 Å². The SMILES string of the molecule is CCOC(=O)C(F)[C@H](N)c1cccc2[nH]ccc12. The number of halogens is 1. The summed E-state index contributed by atoms with van der Waals surface area (Å²) in [6.07, 6.45) is -0.108. The van der Waals surface area contributed by atoms with Gasteiger partial charge in [-0.3, -0.25) is 0 Å². The molecule has 0 aliphatic rings. The van der Waals surface area contributed by atoms with Gasteiger partial charge in [-0.1, -0.05) is 12.1 Å². The van der Waals surface area contributed by atoms with Gasteiger partial charge < -0.3 is 15.5 Å². The first-order chi connectivity index (χ1) is 8.65. The van der Waals surface area contributed by atoms with E-state index in [1.807, 2.05) is 12.1 Å². The second-order valence-electron chi connectivity index (χ2n) is 3.97. The highest BCUT2D eigenvalue weighted by atomic mass is 19.1. The molecular weight excluding hydrogens is 235 g/mol. The number of benzene rings is 1. The fraction of sp³-hybridized carbons (Fsp3) is 0.308. The van der Waals surface area contributed by atoms with E-state index in [2.05, 4.69) is 9.72 Å². The maximum absolute atomic E-state index is 13.9. The highest BCUT2D eigenvalue weighted by Crippen LogP contribution is 2.26. The molecule has 0 saturated carbocycles. The molecule has 5 heteroatoms. The lowest BCUT2D eigenvalue weighted by Gasteiger charge is -2.16. The highest BCUT2D eigenvalue weighted by Gasteiger charge is 2.28. The fourth-order valence-electron chi connectivity index (χ4n) is 1.93. The summed E-state index contributed by atoms with van der Waals surface area (Å²) in [5.74, 6) is -0.919. The van der Waals surface area contributed by atoms with Gasteiger partial charge in [0.25, 0.3) is 0 Å². The monoisotopic (exact) mass is 250 g/mol. The Morgan fingerprint density at radius 1 is 1.50 bits per heavy atom. The predicted octanol–water partition coefficient (Wildman–Crippen LogP) is 2.07. The zero-order chi connectivity index (χ0) is 13.1. The van der Waals surface area contributed by atoms with Crippen LogP contribution >= 0.6 is 0 Å². The largest absolute Gasteiger partial charge is 0.464 e.